The minimum atomic E-state index is -0.175. The van der Waals surface area contributed by atoms with E-state index >= 15 is 0 Å². The van der Waals surface area contributed by atoms with Crippen molar-refractivity contribution in [2.24, 2.45) is 18.9 Å². The fourth-order valence-corrected chi connectivity index (χ4v) is 5.43. The highest BCUT2D eigenvalue weighted by Crippen LogP contribution is 2.58. The zero-order valence-electron chi connectivity index (χ0n) is 19.2. The molecule has 0 radical (unpaired) electrons. The quantitative estimate of drug-likeness (QED) is 0.394. The van der Waals surface area contributed by atoms with Crippen LogP contribution in [-0.2, 0) is 13.6 Å². The first-order chi connectivity index (χ1) is 17.2. The van der Waals surface area contributed by atoms with Crippen molar-refractivity contribution in [1.29, 1.82) is 0 Å². The SMILES string of the molecule is Cn1cnc2ncn(Cc3nc(C4[C@H]5CN(c6cccc(-c7ccccc7)c6)C[C@@H]45)no3)c(=O)c21. The summed E-state index contributed by atoms with van der Waals surface area (Å²) in [6.45, 7) is 2.16. The molecule has 0 bridgehead atoms. The number of anilines is 1. The predicted octanol–water partition coefficient (Wildman–Crippen LogP) is 3.08. The summed E-state index contributed by atoms with van der Waals surface area (Å²) < 4.78 is 8.66. The first-order valence-corrected chi connectivity index (χ1v) is 11.7. The Hall–Kier alpha value is -4.27. The van der Waals surface area contributed by atoms with Gasteiger partial charge in [-0.25, -0.2) is 9.97 Å². The zero-order valence-corrected chi connectivity index (χ0v) is 19.2. The number of fused-ring (bicyclic) bond motifs is 2. The average molecular weight is 466 g/mol. The number of aromatic nitrogens is 6. The molecule has 1 saturated heterocycles. The number of benzene rings is 2. The Labute approximate surface area is 200 Å². The van der Waals surface area contributed by atoms with Gasteiger partial charge < -0.3 is 14.0 Å². The van der Waals surface area contributed by atoms with Crippen LogP contribution in [-0.4, -0.2) is 42.3 Å². The van der Waals surface area contributed by atoms with E-state index in [0.717, 1.165) is 18.9 Å². The smallest absolute Gasteiger partial charge is 0.280 e. The van der Waals surface area contributed by atoms with Crippen molar-refractivity contribution in [2.75, 3.05) is 18.0 Å². The second kappa shape index (κ2) is 7.63. The molecule has 3 atom stereocenters. The number of hydrogen-bond acceptors (Lipinski definition) is 7. The van der Waals surface area contributed by atoms with Gasteiger partial charge in [-0.15, -0.1) is 0 Å². The van der Waals surface area contributed by atoms with Crippen LogP contribution in [0.5, 0.6) is 0 Å². The second-order valence-electron chi connectivity index (χ2n) is 9.43. The second-order valence-corrected chi connectivity index (χ2v) is 9.43. The van der Waals surface area contributed by atoms with E-state index in [0.29, 0.717) is 34.8 Å². The first-order valence-electron chi connectivity index (χ1n) is 11.7. The van der Waals surface area contributed by atoms with Gasteiger partial charge in [0.15, 0.2) is 17.0 Å². The summed E-state index contributed by atoms with van der Waals surface area (Å²) in [5.41, 5.74) is 4.44. The van der Waals surface area contributed by atoms with Gasteiger partial charge in [-0.3, -0.25) is 9.36 Å². The Morgan fingerprint density at radius 1 is 0.971 bits per heavy atom. The summed E-state index contributed by atoms with van der Waals surface area (Å²) in [7, 11) is 1.78. The molecule has 0 spiro atoms. The van der Waals surface area contributed by atoms with Gasteiger partial charge in [-0.1, -0.05) is 47.6 Å². The van der Waals surface area contributed by atoms with Crippen molar-refractivity contribution in [1.82, 2.24) is 29.2 Å². The average Bonchev–Trinajstić information content (AvgIpc) is 3.30. The van der Waals surface area contributed by atoms with Crippen molar-refractivity contribution in [3.63, 3.8) is 0 Å². The summed E-state index contributed by atoms with van der Waals surface area (Å²) in [5.74, 6) is 2.53. The fourth-order valence-electron chi connectivity index (χ4n) is 5.43. The van der Waals surface area contributed by atoms with Crippen LogP contribution in [0.3, 0.4) is 0 Å². The van der Waals surface area contributed by atoms with Crippen molar-refractivity contribution in [3.05, 3.63) is 89.3 Å². The Morgan fingerprint density at radius 2 is 1.74 bits per heavy atom. The van der Waals surface area contributed by atoms with Crippen LogP contribution in [0.15, 0.2) is 76.6 Å². The van der Waals surface area contributed by atoms with Crippen molar-refractivity contribution < 1.29 is 4.52 Å². The molecule has 1 aliphatic carbocycles. The molecular weight excluding hydrogens is 442 g/mol. The normalized spacial score (nSPS) is 20.9. The lowest BCUT2D eigenvalue weighted by atomic mass is 10.0. The van der Waals surface area contributed by atoms with Crippen molar-refractivity contribution >= 4 is 16.9 Å². The predicted molar refractivity (Wildman–Crippen MR) is 130 cm³/mol. The first kappa shape index (κ1) is 20.1. The van der Waals surface area contributed by atoms with Crippen LogP contribution in [0.1, 0.15) is 17.6 Å². The third kappa shape index (κ3) is 3.34. The van der Waals surface area contributed by atoms with Crippen molar-refractivity contribution in [3.8, 4) is 11.1 Å². The fraction of sp³-hybridized carbons (Fsp3) is 0.269. The van der Waals surface area contributed by atoms with E-state index in [4.69, 9.17) is 4.52 Å². The van der Waals surface area contributed by atoms with E-state index in [9.17, 15) is 4.79 Å². The lowest BCUT2D eigenvalue weighted by Gasteiger charge is -2.22. The third-order valence-electron chi connectivity index (χ3n) is 7.30. The van der Waals surface area contributed by atoms with Gasteiger partial charge in [-0.05, 0) is 35.1 Å². The molecule has 174 valence electrons. The standard InChI is InChI=1S/C26H23N7O2/c1-31-14-27-25-23(31)26(34)33(15-28-25)13-21-29-24(30-35-21)22-19-11-32(12-20(19)22)18-9-5-8-17(10-18)16-6-3-2-4-7-16/h2-10,14-15,19-20,22H,11-13H2,1H3/t19-,20+,22?. The number of imidazole rings is 1. The molecule has 4 heterocycles. The Morgan fingerprint density at radius 3 is 2.57 bits per heavy atom. The Bertz CT molecular complexity index is 1590. The number of aryl methyl sites for hydroxylation is 1. The number of piperidine rings is 1. The molecule has 3 aromatic heterocycles. The van der Waals surface area contributed by atoms with Crippen LogP contribution in [0, 0.1) is 11.8 Å². The minimum Gasteiger partial charge on any atom is -0.371 e. The summed E-state index contributed by atoms with van der Waals surface area (Å²) >= 11 is 0. The lowest BCUT2D eigenvalue weighted by molar-refractivity contribution is 0.363. The van der Waals surface area contributed by atoms with E-state index in [1.54, 1.807) is 17.9 Å². The number of hydrogen-bond donors (Lipinski definition) is 0. The lowest BCUT2D eigenvalue weighted by Crippen LogP contribution is -2.24. The third-order valence-corrected chi connectivity index (χ3v) is 7.30. The molecule has 9 nitrogen and oxygen atoms in total. The molecule has 1 aliphatic heterocycles. The molecule has 35 heavy (non-hydrogen) atoms. The summed E-state index contributed by atoms with van der Waals surface area (Å²) in [4.78, 5) is 28.2. The van der Waals surface area contributed by atoms with Gasteiger partial charge in [0.05, 0.1) is 6.33 Å². The van der Waals surface area contributed by atoms with Gasteiger partial charge >= 0.3 is 0 Å². The Kier molecular flexibility index (Phi) is 4.39. The molecule has 2 aromatic carbocycles. The molecular formula is C26H23N7O2. The molecule has 0 amide bonds. The molecule has 7 rings (SSSR count). The maximum Gasteiger partial charge on any atom is 0.280 e. The zero-order chi connectivity index (χ0) is 23.5. The largest absolute Gasteiger partial charge is 0.371 e. The highest BCUT2D eigenvalue weighted by molar-refractivity contribution is 5.69. The maximum absolute atomic E-state index is 12.8. The van der Waals surface area contributed by atoms with E-state index in [2.05, 4.69) is 73.5 Å². The van der Waals surface area contributed by atoms with E-state index in [1.807, 2.05) is 6.07 Å². The van der Waals surface area contributed by atoms with Crippen molar-refractivity contribution in [2.45, 2.75) is 12.5 Å². The number of nitrogens with zero attached hydrogens (tertiary/aromatic N) is 7. The molecule has 1 saturated carbocycles. The van der Waals surface area contributed by atoms with Crippen LogP contribution in [0.4, 0.5) is 5.69 Å². The molecule has 1 unspecified atom stereocenters. The van der Waals surface area contributed by atoms with E-state index in [-0.39, 0.29) is 12.1 Å². The topological polar surface area (TPSA) is 94.9 Å². The van der Waals surface area contributed by atoms with Crippen LogP contribution < -0.4 is 10.5 Å². The summed E-state index contributed by atoms with van der Waals surface area (Å²) in [5, 5.41) is 4.25. The molecule has 9 heteroatoms. The summed E-state index contributed by atoms with van der Waals surface area (Å²) in [6.07, 6.45) is 3.07. The van der Waals surface area contributed by atoms with Crippen LogP contribution in [0.2, 0.25) is 0 Å². The van der Waals surface area contributed by atoms with Crippen LogP contribution in [0.25, 0.3) is 22.3 Å². The Balaban J connectivity index is 1.05. The van der Waals surface area contributed by atoms with Gasteiger partial charge in [0, 0.05) is 31.7 Å². The molecule has 5 aromatic rings. The van der Waals surface area contributed by atoms with Gasteiger partial charge in [0.25, 0.3) is 5.56 Å². The maximum atomic E-state index is 12.8. The highest BCUT2D eigenvalue weighted by atomic mass is 16.5. The van der Waals surface area contributed by atoms with Crippen LogP contribution >= 0.6 is 0 Å². The molecule has 2 aliphatic rings. The monoisotopic (exact) mass is 465 g/mol. The van der Waals surface area contributed by atoms with Gasteiger partial charge in [-0.2, -0.15) is 4.98 Å². The van der Waals surface area contributed by atoms with E-state index < -0.39 is 0 Å². The highest BCUT2D eigenvalue weighted by Gasteiger charge is 2.58. The van der Waals surface area contributed by atoms with Gasteiger partial charge in [0.2, 0.25) is 5.89 Å². The number of rotatable bonds is 5. The molecule has 0 N–H and O–H groups in total. The molecule has 2 fully saturated rings. The van der Waals surface area contributed by atoms with Gasteiger partial charge in [0.1, 0.15) is 12.9 Å². The summed E-state index contributed by atoms with van der Waals surface area (Å²) in [6, 6.07) is 19.2. The minimum absolute atomic E-state index is 0.175. The van der Waals surface area contributed by atoms with E-state index in [1.165, 1.54) is 27.7 Å².